The van der Waals surface area contributed by atoms with Gasteiger partial charge in [0.05, 0.1) is 29.8 Å². The highest BCUT2D eigenvalue weighted by Crippen LogP contribution is 2.46. The maximum absolute atomic E-state index is 12.3. The monoisotopic (exact) mass is 503 g/mol. The van der Waals surface area contributed by atoms with Crippen molar-refractivity contribution in [1.29, 1.82) is 0 Å². The quantitative estimate of drug-likeness (QED) is 0.518. The van der Waals surface area contributed by atoms with Crippen molar-refractivity contribution in [1.82, 2.24) is 14.9 Å². The van der Waals surface area contributed by atoms with Crippen LogP contribution in [0.25, 0.3) is 22.0 Å². The van der Waals surface area contributed by atoms with Gasteiger partial charge in [-0.15, -0.1) is 0 Å². The number of aromatic nitrogens is 2. The summed E-state index contributed by atoms with van der Waals surface area (Å²) in [5, 5.41) is 4.91. The highest BCUT2D eigenvalue weighted by atomic mass is 35.5. The van der Waals surface area contributed by atoms with E-state index in [0.29, 0.717) is 45.9 Å². The molecule has 3 unspecified atom stereocenters. The molecule has 3 aromatic rings. The van der Waals surface area contributed by atoms with Crippen LogP contribution >= 0.6 is 23.2 Å². The second-order valence-electron chi connectivity index (χ2n) is 8.57. The molecule has 1 aliphatic carbocycles. The van der Waals surface area contributed by atoms with E-state index in [1.807, 2.05) is 18.2 Å². The molecule has 1 aliphatic rings. The summed E-state index contributed by atoms with van der Waals surface area (Å²) >= 11 is 13.1. The molecule has 0 radical (unpaired) electrons. The molecule has 1 aromatic heterocycles. The largest absolute Gasteiger partial charge is 0.495 e. The van der Waals surface area contributed by atoms with Crippen LogP contribution in [0.5, 0.6) is 11.5 Å². The number of carbonyl (C=O) groups is 1. The predicted octanol–water partition coefficient (Wildman–Crippen LogP) is 4.23. The number of fused-ring (bicyclic) bond motifs is 1. The highest BCUT2D eigenvalue weighted by Gasteiger charge is 2.36. The molecule has 4 rings (SSSR count). The summed E-state index contributed by atoms with van der Waals surface area (Å²) in [6.07, 6.45) is 3.01. The maximum atomic E-state index is 12.3. The van der Waals surface area contributed by atoms with Crippen LogP contribution in [0.4, 0.5) is 5.95 Å². The number of benzene rings is 2. The molecule has 10 heteroatoms. The summed E-state index contributed by atoms with van der Waals surface area (Å²) < 4.78 is 10.8. The summed E-state index contributed by atoms with van der Waals surface area (Å²) in [4.78, 5) is 23.0. The molecule has 34 heavy (non-hydrogen) atoms. The smallest absolute Gasteiger partial charge is 0.225 e. The summed E-state index contributed by atoms with van der Waals surface area (Å²) in [6, 6.07) is 7.11. The topological polar surface area (TPSA) is 103 Å². The number of amides is 1. The van der Waals surface area contributed by atoms with Gasteiger partial charge in [0, 0.05) is 55.3 Å². The summed E-state index contributed by atoms with van der Waals surface area (Å²) in [7, 11) is 6.60. The molecule has 1 heterocycles. The van der Waals surface area contributed by atoms with E-state index in [0.717, 1.165) is 16.5 Å². The van der Waals surface area contributed by atoms with Crippen molar-refractivity contribution in [3.8, 4) is 22.6 Å². The number of methoxy groups -OCH3 is 2. The lowest BCUT2D eigenvalue weighted by Crippen LogP contribution is -2.35. The van der Waals surface area contributed by atoms with Gasteiger partial charge >= 0.3 is 0 Å². The fourth-order valence-electron chi connectivity index (χ4n) is 4.37. The Bertz CT molecular complexity index is 1210. The van der Waals surface area contributed by atoms with E-state index >= 15 is 0 Å². The van der Waals surface area contributed by atoms with Crippen LogP contribution in [0, 0.1) is 5.92 Å². The van der Waals surface area contributed by atoms with Crippen LogP contribution in [0.1, 0.15) is 12.8 Å². The number of anilines is 1. The second-order valence-corrected chi connectivity index (χ2v) is 9.32. The summed E-state index contributed by atoms with van der Waals surface area (Å²) in [5.41, 5.74) is 8.43. The lowest BCUT2D eigenvalue weighted by Gasteiger charge is -2.18. The first-order valence-corrected chi connectivity index (χ1v) is 11.6. The molecule has 0 bridgehead atoms. The fraction of sp³-hybridized carbons (Fsp3) is 0.375. The molecule has 2 aromatic carbocycles. The molecule has 0 spiro atoms. The number of ether oxygens (including phenoxy) is 2. The predicted molar refractivity (Wildman–Crippen MR) is 135 cm³/mol. The number of rotatable bonds is 6. The van der Waals surface area contributed by atoms with Crippen molar-refractivity contribution >= 4 is 46.0 Å². The second kappa shape index (κ2) is 9.82. The van der Waals surface area contributed by atoms with Gasteiger partial charge < -0.3 is 25.4 Å². The zero-order valence-electron chi connectivity index (χ0n) is 19.4. The van der Waals surface area contributed by atoms with E-state index in [9.17, 15) is 4.79 Å². The van der Waals surface area contributed by atoms with Crippen LogP contribution in [0.2, 0.25) is 10.0 Å². The molecular weight excluding hydrogens is 477 g/mol. The molecule has 8 nitrogen and oxygen atoms in total. The Hall–Kier alpha value is -2.81. The maximum Gasteiger partial charge on any atom is 0.225 e. The SMILES string of the molecule is COc1cc(OC)c(Cl)c(-c2ccc3nc(NC4CC(C(=O)N(C)C)CC4N)ncc3c2)c1Cl. The van der Waals surface area contributed by atoms with Gasteiger partial charge in [-0.2, -0.15) is 0 Å². The van der Waals surface area contributed by atoms with E-state index in [4.69, 9.17) is 38.4 Å². The lowest BCUT2D eigenvalue weighted by molar-refractivity contribution is -0.132. The Morgan fingerprint density at radius 3 is 2.41 bits per heavy atom. The molecule has 0 aliphatic heterocycles. The molecule has 3 N–H and O–H groups in total. The zero-order valence-corrected chi connectivity index (χ0v) is 20.9. The Morgan fingerprint density at radius 2 is 1.79 bits per heavy atom. The van der Waals surface area contributed by atoms with E-state index in [1.54, 1.807) is 31.3 Å². The van der Waals surface area contributed by atoms with Gasteiger partial charge in [0.15, 0.2) is 0 Å². The molecule has 180 valence electrons. The summed E-state index contributed by atoms with van der Waals surface area (Å²) in [6.45, 7) is 0. The third-order valence-electron chi connectivity index (χ3n) is 6.16. The van der Waals surface area contributed by atoms with Crippen molar-refractivity contribution in [3.63, 3.8) is 0 Å². The number of nitrogens with one attached hydrogen (secondary N) is 1. The van der Waals surface area contributed by atoms with Gasteiger partial charge in [0.1, 0.15) is 11.5 Å². The number of hydrogen-bond donors (Lipinski definition) is 2. The first kappa shape index (κ1) is 24.3. The van der Waals surface area contributed by atoms with Gasteiger partial charge in [-0.25, -0.2) is 9.97 Å². The number of nitrogens with zero attached hydrogens (tertiary/aromatic N) is 3. The third-order valence-corrected chi connectivity index (χ3v) is 6.91. The Morgan fingerprint density at radius 1 is 1.12 bits per heavy atom. The lowest BCUT2D eigenvalue weighted by atomic mass is 10.0. The van der Waals surface area contributed by atoms with Crippen molar-refractivity contribution < 1.29 is 14.3 Å². The van der Waals surface area contributed by atoms with Crippen LogP contribution in [0.15, 0.2) is 30.5 Å². The number of carbonyl (C=O) groups excluding carboxylic acids is 1. The molecule has 1 saturated carbocycles. The first-order chi connectivity index (χ1) is 16.2. The van der Waals surface area contributed by atoms with Crippen LogP contribution < -0.4 is 20.5 Å². The van der Waals surface area contributed by atoms with Gasteiger partial charge in [0.25, 0.3) is 0 Å². The van der Waals surface area contributed by atoms with E-state index in [1.165, 1.54) is 14.2 Å². The average Bonchev–Trinajstić information content (AvgIpc) is 3.18. The van der Waals surface area contributed by atoms with Gasteiger partial charge in [-0.3, -0.25) is 4.79 Å². The first-order valence-electron chi connectivity index (χ1n) is 10.8. The highest BCUT2D eigenvalue weighted by molar-refractivity contribution is 6.41. The van der Waals surface area contributed by atoms with Crippen molar-refractivity contribution in [2.75, 3.05) is 33.6 Å². The minimum Gasteiger partial charge on any atom is -0.495 e. The minimum absolute atomic E-state index is 0.0764. The zero-order chi connectivity index (χ0) is 24.6. The molecule has 0 saturated heterocycles. The Balaban J connectivity index is 1.61. The van der Waals surface area contributed by atoms with Gasteiger partial charge in [-0.05, 0) is 30.5 Å². The molecule has 1 fully saturated rings. The fourth-order valence-corrected chi connectivity index (χ4v) is 5.09. The van der Waals surface area contributed by atoms with Gasteiger partial charge in [0.2, 0.25) is 11.9 Å². The number of halogens is 2. The number of hydrogen-bond acceptors (Lipinski definition) is 7. The average molecular weight is 504 g/mol. The van der Waals surface area contributed by atoms with Gasteiger partial charge in [-0.1, -0.05) is 29.3 Å². The molecule has 1 amide bonds. The van der Waals surface area contributed by atoms with Crippen LogP contribution in [-0.2, 0) is 4.79 Å². The van der Waals surface area contributed by atoms with E-state index in [2.05, 4.69) is 15.3 Å². The molecular formula is C24H27Cl2N5O3. The summed E-state index contributed by atoms with van der Waals surface area (Å²) in [5.74, 6) is 1.40. The van der Waals surface area contributed by atoms with Crippen LogP contribution in [0.3, 0.4) is 0 Å². The Labute approximate surface area is 208 Å². The normalized spacial score (nSPS) is 19.8. The van der Waals surface area contributed by atoms with E-state index < -0.39 is 0 Å². The number of nitrogens with two attached hydrogens (primary N) is 1. The van der Waals surface area contributed by atoms with Crippen molar-refractivity contribution in [2.45, 2.75) is 24.9 Å². The van der Waals surface area contributed by atoms with Crippen molar-refractivity contribution in [2.24, 2.45) is 11.7 Å². The third kappa shape index (κ3) is 4.58. The van der Waals surface area contributed by atoms with Crippen molar-refractivity contribution in [3.05, 3.63) is 40.5 Å². The van der Waals surface area contributed by atoms with Crippen LogP contribution in [-0.4, -0.2) is 61.2 Å². The molecule has 3 atom stereocenters. The Kier molecular flexibility index (Phi) is 7.02. The minimum atomic E-state index is -0.150. The van der Waals surface area contributed by atoms with E-state index in [-0.39, 0.29) is 23.9 Å². The standard InChI is InChI=1S/C24H27Cl2N5O3/c1-31(2)23(32)13-8-15(27)17(9-13)30-24-28-11-14-7-12(5-6-16(14)29-24)20-21(25)18(33-3)10-19(34-4)22(20)26/h5-7,10-11,13,15,17H,8-9,27H2,1-4H3,(H,28,29,30).